The molecule has 1 fully saturated rings. The van der Waals surface area contributed by atoms with Gasteiger partial charge in [-0.3, -0.25) is 9.88 Å². The molecule has 3 nitrogen and oxygen atoms in total. The highest BCUT2D eigenvalue weighted by molar-refractivity contribution is 5.15. The molecule has 17 heavy (non-hydrogen) atoms. The lowest BCUT2D eigenvalue weighted by Gasteiger charge is -2.39. The van der Waals surface area contributed by atoms with Crippen LogP contribution in [0.1, 0.15) is 37.8 Å². The first kappa shape index (κ1) is 12.5. The molecule has 94 valence electrons. The van der Waals surface area contributed by atoms with Gasteiger partial charge in [-0.1, -0.05) is 6.42 Å². The van der Waals surface area contributed by atoms with E-state index in [1.54, 1.807) is 12.3 Å². The van der Waals surface area contributed by atoms with Crippen LogP contribution in [0, 0.1) is 5.82 Å². The number of halogens is 1. The second-order valence-corrected chi connectivity index (χ2v) is 4.74. The van der Waals surface area contributed by atoms with Gasteiger partial charge in [0.2, 0.25) is 0 Å². The summed E-state index contributed by atoms with van der Waals surface area (Å²) in [6.45, 7) is 3.82. The van der Waals surface area contributed by atoms with Crippen LogP contribution in [0.5, 0.6) is 0 Å². The molecule has 2 unspecified atom stereocenters. The topological polar surface area (TPSA) is 42.2 Å². The van der Waals surface area contributed by atoms with Gasteiger partial charge in [-0.25, -0.2) is 4.39 Å². The number of nitrogens with two attached hydrogens (primary N) is 1. The van der Waals surface area contributed by atoms with E-state index in [-0.39, 0.29) is 11.9 Å². The van der Waals surface area contributed by atoms with Crippen LogP contribution in [0.15, 0.2) is 18.5 Å². The summed E-state index contributed by atoms with van der Waals surface area (Å²) in [5.74, 6) is -0.268. The van der Waals surface area contributed by atoms with E-state index in [1.165, 1.54) is 19.0 Å². The third-order valence-corrected chi connectivity index (χ3v) is 3.65. The molecule has 4 heteroatoms. The van der Waals surface area contributed by atoms with Crippen molar-refractivity contribution in [3.8, 4) is 0 Å². The SMILES string of the molecule is CC(c1cncc(F)c1)N1CCCCC1CN. The van der Waals surface area contributed by atoms with Crippen LogP contribution in [0.4, 0.5) is 4.39 Å². The van der Waals surface area contributed by atoms with E-state index in [2.05, 4.69) is 16.8 Å². The van der Waals surface area contributed by atoms with E-state index in [0.717, 1.165) is 18.5 Å². The maximum Gasteiger partial charge on any atom is 0.141 e. The van der Waals surface area contributed by atoms with Crippen LogP contribution in [-0.4, -0.2) is 29.0 Å². The Morgan fingerprint density at radius 2 is 2.35 bits per heavy atom. The highest BCUT2D eigenvalue weighted by Crippen LogP contribution is 2.27. The summed E-state index contributed by atoms with van der Waals surface area (Å²) in [7, 11) is 0. The molecular weight excluding hydrogens is 217 g/mol. The number of hydrogen-bond donors (Lipinski definition) is 1. The first-order valence-electron chi connectivity index (χ1n) is 6.28. The van der Waals surface area contributed by atoms with Gasteiger partial charge < -0.3 is 5.73 Å². The molecule has 1 aromatic heterocycles. The third-order valence-electron chi connectivity index (χ3n) is 3.65. The van der Waals surface area contributed by atoms with Gasteiger partial charge >= 0.3 is 0 Å². The standard InChI is InChI=1S/C13H20FN3/c1-10(11-6-12(14)9-16-8-11)17-5-3-2-4-13(17)7-15/h6,8-10,13H,2-5,7,15H2,1H3. The predicted octanol–water partition coefficient (Wildman–Crippen LogP) is 2.09. The quantitative estimate of drug-likeness (QED) is 0.875. The Kier molecular flexibility index (Phi) is 4.07. The molecule has 1 aromatic rings. The van der Waals surface area contributed by atoms with Crippen LogP contribution in [-0.2, 0) is 0 Å². The van der Waals surface area contributed by atoms with Gasteiger partial charge in [0, 0.05) is 24.8 Å². The summed E-state index contributed by atoms with van der Waals surface area (Å²) in [5, 5.41) is 0. The fourth-order valence-corrected chi connectivity index (χ4v) is 2.63. The maximum absolute atomic E-state index is 13.2. The van der Waals surface area contributed by atoms with Crippen LogP contribution < -0.4 is 5.73 Å². The molecule has 1 aliphatic heterocycles. The zero-order valence-electron chi connectivity index (χ0n) is 10.3. The van der Waals surface area contributed by atoms with Gasteiger partial charge in [0.25, 0.3) is 0 Å². The van der Waals surface area contributed by atoms with Crippen molar-refractivity contribution in [3.63, 3.8) is 0 Å². The Labute approximate surface area is 102 Å². The molecule has 0 aromatic carbocycles. The molecule has 0 aliphatic carbocycles. The number of likely N-dealkylation sites (tertiary alicyclic amines) is 1. The Bertz CT molecular complexity index is 369. The molecule has 0 amide bonds. The van der Waals surface area contributed by atoms with Crippen molar-refractivity contribution in [1.82, 2.24) is 9.88 Å². The summed E-state index contributed by atoms with van der Waals surface area (Å²) in [6, 6.07) is 2.17. The average molecular weight is 237 g/mol. The lowest BCUT2D eigenvalue weighted by atomic mass is 9.98. The smallest absolute Gasteiger partial charge is 0.141 e. The van der Waals surface area contributed by atoms with Gasteiger partial charge in [-0.05, 0) is 37.9 Å². The highest BCUT2D eigenvalue weighted by Gasteiger charge is 2.26. The molecule has 2 N–H and O–H groups in total. The normalized spacial score (nSPS) is 23.6. The Morgan fingerprint density at radius 1 is 1.53 bits per heavy atom. The summed E-state index contributed by atoms with van der Waals surface area (Å²) in [4.78, 5) is 6.29. The fraction of sp³-hybridized carbons (Fsp3) is 0.615. The van der Waals surface area contributed by atoms with Crippen molar-refractivity contribution in [2.75, 3.05) is 13.1 Å². The Balaban J connectivity index is 2.15. The minimum absolute atomic E-state index is 0.187. The molecule has 2 rings (SSSR count). The Morgan fingerprint density at radius 3 is 3.06 bits per heavy atom. The lowest BCUT2D eigenvalue weighted by molar-refractivity contribution is 0.107. The van der Waals surface area contributed by atoms with E-state index in [9.17, 15) is 4.39 Å². The van der Waals surface area contributed by atoms with E-state index in [0.29, 0.717) is 12.6 Å². The zero-order chi connectivity index (χ0) is 12.3. The van der Waals surface area contributed by atoms with E-state index in [1.807, 2.05) is 0 Å². The molecule has 0 spiro atoms. The molecule has 0 radical (unpaired) electrons. The van der Waals surface area contributed by atoms with Crippen LogP contribution in [0.3, 0.4) is 0 Å². The fourth-order valence-electron chi connectivity index (χ4n) is 2.63. The number of pyridine rings is 1. The summed E-state index contributed by atoms with van der Waals surface area (Å²) in [5.41, 5.74) is 6.74. The third kappa shape index (κ3) is 2.82. The minimum Gasteiger partial charge on any atom is -0.329 e. The van der Waals surface area contributed by atoms with Crippen LogP contribution in [0.25, 0.3) is 0 Å². The number of nitrogens with zero attached hydrogens (tertiary/aromatic N) is 2. The molecular formula is C13H20FN3. The predicted molar refractivity (Wildman–Crippen MR) is 66.0 cm³/mol. The first-order chi connectivity index (χ1) is 8.22. The minimum atomic E-state index is -0.268. The maximum atomic E-state index is 13.2. The number of rotatable bonds is 3. The van der Waals surface area contributed by atoms with Crippen molar-refractivity contribution in [2.24, 2.45) is 5.73 Å². The molecule has 2 heterocycles. The van der Waals surface area contributed by atoms with Crippen molar-refractivity contribution in [2.45, 2.75) is 38.3 Å². The summed E-state index contributed by atoms with van der Waals surface area (Å²) in [6.07, 6.45) is 6.57. The van der Waals surface area contributed by atoms with Gasteiger partial charge in [0.05, 0.1) is 6.20 Å². The van der Waals surface area contributed by atoms with Crippen molar-refractivity contribution in [3.05, 3.63) is 29.8 Å². The molecule has 0 saturated carbocycles. The van der Waals surface area contributed by atoms with Crippen molar-refractivity contribution >= 4 is 0 Å². The van der Waals surface area contributed by atoms with Crippen LogP contribution in [0.2, 0.25) is 0 Å². The second kappa shape index (κ2) is 5.56. The second-order valence-electron chi connectivity index (χ2n) is 4.74. The van der Waals surface area contributed by atoms with Crippen molar-refractivity contribution in [1.29, 1.82) is 0 Å². The Hall–Kier alpha value is -1.00. The number of hydrogen-bond acceptors (Lipinski definition) is 3. The molecule has 1 aliphatic rings. The summed E-state index contributed by atoms with van der Waals surface area (Å²) >= 11 is 0. The first-order valence-corrected chi connectivity index (χ1v) is 6.28. The molecule has 1 saturated heterocycles. The highest BCUT2D eigenvalue weighted by atomic mass is 19.1. The zero-order valence-corrected chi connectivity index (χ0v) is 10.3. The molecule has 2 atom stereocenters. The van der Waals surface area contributed by atoms with Gasteiger partial charge in [0.15, 0.2) is 0 Å². The monoisotopic (exact) mass is 237 g/mol. The van der Waals surface area contributed by atoms with Gasteiger partial charge in [-0.2, -0.15) is 0 Å². The summed E-state index contributed by atoms with van der Waals surface area (Å²) < 4.78 is 13.2. The van der Waals surface area contributed by atoms with Crippen molar-refractivity contribution < 1.29 is 4.39 Å². The number of piperidine rings is 1. The van der Waals surface area contributed by atoms with Gasteiger partial charge in [-0.15, -0.1) is 0 Å². The van der Waals surface area contributed by atoms with E-state index in [4.69, 9.17) is 5.73 Å². The molecule has 0 bridgehead atoms. The van der Waals surface area contributed by atoms with Crippen LogP contribution >= 0.6 is 0 Å². The van der Waals surface area contributed by atoms with E-state index < -0.39 is 0 Å². The number of aromatic nitrogens is 1. The largest absolute Gasteiger partial charge is 0.329 e. The van der Waals surface area contributed by atoms with Gasteiger partial charge in [0.1, 0.15) is 5.82 Å². The van der Waals surface area contributed by atoms with E-state index >= 15 is 0 Å². The lowest BCUT2D eigenvalue weighted by Crippen LogP contribution is -2.45. The average Bonchev–Trinajstić information content (AvgIpc) is 2.38.